The van der Waals surface area contributed by atoms with Crippen molar-refractivity contribution in [3.8, 4) is 0 Å². The fourth-order valence-electron chi connectivity index (χ4n) is 2.96. The Morgan fingerprint density at radius 3 is 2.00 bits per heavy atom. The maximum Gasteiger partial charge on any atom is 0.326 e. The Hall–Kier alpha value is -4.05. The van der Waals surface area contributed by atoms with E-state index in [4.69, 9.17) is 15.9 Å². The number of aliphatic hydroxyl groups excluding tert-OH is 1. The van der Waals surface area contributed by atoms with E-state index >= 15 is 0 Å². The van der Waals surface area contributed by atoms with Crippen LogP contribution in [-0.2, 0) is 35.2 Å². The fraction of sp³-hybridized carbons (Fsp3) is 0.550. The second-order valence-corrected chi connectivity index (χ2v) is 7.94. The first-order valence-corrected chi connectivity index (χ1v) is 10.8. The van der Waals surface area contributed by atoms with Crippen LogP contribution in [0.25, 0.3) is 0 Å². The van der Waals surface area contributed by atoms with Crippen molar-refractivity contribution in [3.05, 3.63) is 18.2 Å². The molecule has 36 heavy (non-hydrogen) atoms. The number of carbonyl (C=O) groups excluding carboxylic acids is 3. The van der Waals surface area contributed by atoms with Gasteiger partial charge >= 0.3 is 17.9 Å². The lowest BCUT2D eigenvalue weighted by Gasteiger charge is -2.26. The normalized spacial score (nSPS) is 15.0. The van der Waals surface area contributed by atoms with Gasteiger partial charge in [-0.25, -0.2) is 9.78 Å². The van der Waals surface area contributed by atoms with Gasteiger partial charge in [-0.05, 0) is 19.8 Å². The van der Waals surface area contributed by atoms with Crippen LogP contribution < -0.4 is 21.7 Å². The lowest BCUT2D eigenvalue weighted by molar-refractivity contribution is -0.143. The van der Waals surface area contributed by atoms with E-state index in [9.17, 15) is 39.0 Å². The number of aliphatic hydroxyl groups is 1. The number of carboxylic acids is 3. The van der Waals surface area contributed by atoms with Crippen LogP contribution in [0, 0.1) is 0 Å². The number of carbonyl (C=O) groups is 6. The Morgan fingerprint density at radius 2 is 1.50 bits per heavy atom. The number of H-pyrrole nitrogens is 1. The van der Waals surface area contributed by atoms with Crippen LogP contribution in [0.4, 0.5) is 0 Å². The van der Waals surface area contributed by atoms with E-state index < -0.39 is 85.2 Å². The molecule has 0 aliphatic heterocycles. The van der Waals surface area contributed by atoms with Crippen LogP contribution >= 0.6 is 0 Å². The van der Waals surface area contributed by atoms with E-state index in [1.807, 2.05) is 0 Å². The maximum atomic E-state index is 12.9. The minimum absolute atomic E-state index is 0.193. The van der Waals surface area contributed by atoms with Crippen LogP contribution in [0.2, 0.25) is 0 Å². The van der Waals surface area contributed by atoms with Gasteiger partial charge in [-0.1, -0.05) is 0 Å². The number of hydrogen-bond acceptors (Lipinski definition) is 9. The maximum absolute atomic E-state index is 12.9. The Morgan fingerprint density at radius 1 is 0.917 bits per heavy atom. The number of rotatable bonds is 16. The highest BCUT2D eigenvalue weighted by molar-refractivity contribution is 5.94. The Labute approximate surface area is 204 Å². The van der Waals surface area contributed by atoms with E-state index in [0.717, 1.165) is 0 Å². The number of aromatic nitrogens is 2. The zero-order valence-electron chi connectivity index (χ0n) is 19.3. The summed E-state index contributed by atoms with van der Waals surface area (Å²) in [5.74, 6) is -6.83. The summed E-state index contributed by atoms with van der Waals surface area (Å²) in [5.41, 5.74) is 6.00. The molecule has 1 rings (SSSR count). The summed E-state index contributed by atoms with van der Waals surface area (Å²) in [4.78, 5) is 77.4. The first-order chi connectivity index (χ1) is 16.8. The van der Waals surface area contributed by atoms with E-state index in [0.29, 0.717) is 5.69 Å². The minimum Gasteiger partial charge on any atom is -0.481 e. The number of nitrogens with one attached hydrogen (secondary N) is 4. The average molecular weight is 514 g/mol. The molecule has 5 unspecified atom stereocenters. The van der Waals surface area contributed by atoms with Crippen LogP contribution in [0.3, 0.4) is 0 Å². The van der Waals surface area contributed by atoms with Crippen molar-refractivity contribution in [3.63, 3.8) is 0 Å². The lowest BCUT2D eigenvalue weighted by atomic mass is 10.1. The molecule has 200 valence electrons. The minimum atomic E-state index is -1.59. The third-order valence-corrected chi connectivity index (χ3v) is 4.94. The van der Waals surface area contributed by atoms with Crippen LogP contribution in [0.15, 0.2) is 12.5 Å². The summed E-state index contributed by atoms with van der Waals surface area (Å²) < 4.78 is 0. The second kappa shape index (κ2) is 14.4. The Balaban J connectivity index is 3.01. The average Bonchev–Trinajstić information content (AvgIpc) is 3.30. The smallest absolute Gasteiger partial charge is 0.326 e. The van der Waals surface area contributed by atoms with Crippen molar-refractivity contribution >= 4 is 35.6 Å². The van der Waals surface area contributed by atoms with Gasteiger partial charge in [-0.15, -0.1) is 0 Å². The molecule has 0 aromatic carbocycles. The molecule has 16 nitrogen and oxygen atoms in total. The molecular formula is C20H30N6O10. The molecule has 1 aromatic rings. The number of amides is 3. The number of hydrogen-bond donors (Lipinski definition) is 9. The van der Waals surface area contributed by atoms with Gasteiger partial charge in [0.05, 0.1) is 18.5 Å². The third kappa shape index (κ3) is 10.5. The quantitative estimate of drug-likeness (QED) is 0.106. The molecule has 0 spiro atoms. The molecule has 10 N–H and O–H groups in total. The van der Waals surface area contributed by atoms with E-state index in [-0.39, 0.29) is 12.8 Å². The predicted molar refractivity (Wildman–Crippen MR) is 119 cm³/mol. The summed E-state index contributed by atoms with van der Waals surface area (Å²) in [7, 11) is 0. The molecule has 0 bridgehead atoms. The standard InChI is InChI=1S/C20H30N6O10/c1-9(27)16(26-17(32)11(21)2-4-14(28)29)19(34)25-13(6-10-7-22-8-23-10)18(33)24-12(20(35)36)3-5-15(30)31/h7-9,11-13,16,27H,2-6,21H2,1H3,(H,22,23)(H,24,33)(H,25,34)(H,26,32)(H,28,29)(H,30,31)(H,35,36). The molecular weight excluding hydrogens is 484 g/mol. The first-order valence-electron chi connectivity index (χ1n) is 10.8. The fourth-order valence-corrected chi connectivity index (χ4v) is 2.96. The van der Waals surface area contributed by atoms with Gasteiger partial charge in [0.15, 0.2) is 0 Å². The predicted octanol–water partition coefficient (Wildman–Crippen LogP) is -3.07. The number of aromatic amines is 1. The highest BCUT2D eigenvalue weighted by atomic mass is 16.4. The number of imidazole rings is 1. The first kappa shape index (κ1) is 30.0. The van der Waals surface area contributed by atoms with E-state index in [2.05, 4.69) is 25.9 Å². The van der Waals surface area contributed by atoms with Gasteiger partial charge in [0.25, 0.3) is 0 Å². The molecule has 0 fully saturated rings. The molecule has 0 aliphatic rings. The van der Waals surface area contributed by atoms with Gasteiger partial charge in [0.2, 0.25) is 17.7 Å². The topological polar surface area (TPSA) is 274 Å². The van der Waals surface area contributed by atoms with Gasteiger partial charge in [-0.2, -0.15) is 0 Å². The van der Waals surface area contributed by atoms with Crippen molar-refractivity contribution in [2.45, 2.75) is 69.3 Å². The summed E-state index contributed by atoms with van der Waals surface area (Å²) >= 11 is 0. The van der Waals surface area contributed by atoms with Crippen LogP contribution in [0.1, 0.15) is 38.3 Å². The van der Waals surface area contributed by atoms with Crippen molar-refractivity contribution in [2.24, 2.45) is 5.73 Å². The molecule has 1 aromatic heterocycles. The Bertz CT molecular complexity index is 935. The molecule has 3 amide bonds. The monoisotopic (exact) mass is 514 g/mol. The SMILES string of the molecule is CC(O)C(NC(=O)C(N)CCC(=O)O)C(=O)NC(Cc1cnc[nH]1)C(=O)NC(CCC(=O)O)C(=O)O. The Kier molecular flexibility index (Phi) is 12.0. The molecule has 16 heteroatoms. The van der Waals surface area contributed by atoms with Gasteiger partial charge in [0, 0.05) is 31.2 Å². The van der Waals surface area contributed by atoms with Crippen molar-refractivity contribution in [1.82, 2.24) is 25.9 Å². The second-order valence-electron chi connectivity index (χ2n) is 7.94. The summed E-state index contributed by atoms with van der Waals surface area (Å²) in [6.07, 6.45) is -0.585. The van der Waals surface area contributed by atoms with Gasteiger partial charge in [-0.3, -0.25) is 24.0 Å². The molecule has 5 atom stereocenters. The highest BCUT2D eigenvalue weighted by Crippen LogP contribution is 2.05. The third-order valence-electron chi connectivity index (χ3n) is 4.94. The summed E-state index contributed by atoms with van der Waals surface area (Å²) in [6.45, 7) is 1.18. The van der Waals surface area contributed by atoms with Gasteiger partial charge in [0.1, 0.15) is 18.1 Å². The molecule has 0 saturated heterocycles. The van der Waals surface area contributed by atoms with Crippen LogP contribution in [0.5, 0.6) is 0 Å². The number of carboxylic acid groups (broad SMARTS) is 3. The molecule has 0 radical (unpaired) electrons. The zero-order valence-corrected chi connectivity index (χ0v) is 19.3. The number of nitrogens with two attached hydrogens (primary N) is 1. The van der Waals surface area contributed by atoms with Crippen LogP contribution in [-0.4, -0.2) is 96.3 Å². The number of nitrogens with zero attached hydrogens (tertiary/aromatic N) is 1. The van der Waals surface area contributed by atoms with Crippen molar-refractivity contribution < 1.29 is 49.2 Å². The van der Waals surface area contributed by atoms with E-state index in [1.54, 1.807) is 0 Å². The molecule has 0 aliphatic carbocycles. The lowest BCUT2D eigenvalue weighted by Crippen LogP contribution is -2.60. The molecule has 0 saturated carbocycles. The summed E-state index contributed by atoms with van der Waals surface area (Å²) in [5, 5.41) is 43.5. The largest absolute Gasteiger partial charge is 0.481 e. The zero-order chi connectivity index (χ0) is 27.4. The number of aliphatic carboxylic acids is 3. The molecule has 1 heterocycles. The van der Waals surface area contributed by atoms with Gasteiger partial charge < -0.3 is 47.1 Å². The highest BCUT2D eigenvalue weighted by Gasteiger charge is 2.33. The van der Waals surface area contributed by atoms with Crippen molar-refractivity contribution in [2.75, 3.05) is 0 Å². The van der Waals surface area contributed by atoms with E-state index in [1.165, 1.54) is 19.4 Å². The van der Waals surface area contributed by atoms with Crippen molar-refractivity contribution in [1.29, 1.82) is 0 Å². The summed E-state index contributed by atoms with van der Waals surface area (Å²) in [6, 6.07) is -5.85.